The van der Waals surface area contributed by atoms with E-state index < -0.39 is 0 Å². The lowest BCUT2D eigenvalue weighted by Gasteiger charge is -2.09. The minimum absolute atomic E-state index is 0.705. The zero-order valence-electron chi connectivity index (χ0n) is 14.6. The van der Waals surface area contributed by atoms with Crippen molar-refractivity contribution in [3.63, 3.8) is 0 Å². The van der Waals surface area contributed by atoms with Crippen molar-refractivity contribution in [3.8, 4) is 23.0 Å². The van der Waals surface area contributed by atoms with Crippen LogP contribution in [0.15, 0.2) is 78.9 Å². The molecule has 0 radical (unpaired) electrons. The van der Waals surface area contributed by atoms with Gasteiger partial charge in [-0.05, 0) is 59.7 Å². The van der Waals surface area contributed by atoms with Crippen LogP contribution in [0, 0.1) is 11.8 Å². The largest absolute Gasteiger partial charge is 0.457 e. The van der Waals surface area contributed by atoms with Crippen molar-refractivity contribution >= 4 is 0 Å². The Hall–Kier alpha value is -2.74. The third kappa shape index (κ3) is 3.53. The van der Waals surface area contributed by atoms with Gasteiger partial charge in [0.05, 0.1) is 0 Å². The summed E-state index contributed by atoms with van der Waals surface area (Å²) < 4.78 is 11.8. The third-order valence-corrected chi connectivity index (χ3v) is 5.11. The topological polar surface area (TPSA) is 18.5 Å². The van der Waals surface area contributed by atoms with E-state index in [-0.39, 0.29) is 0 Å². The Labute approximate surface area is 149 Å². The number of rotatable bonds is 5. The van der Waals surface area contributed by atoms with Crippen molar-refractivity contribution in [1.29, 1.82) is 0 Å². The van der Waals surface area contributed by atoms with Gasteiger partial charge in [0.2, 0.25) is 0 Å². The van der Waals surface area contributed by atoms with Crippen molar-refractivity contribution < 1.29 is 9.47 Å². The molecular formula is C23H22O2. The van der Waals surface area contributed by atoms with Crippen molar-refractivity contribution in [2.45, 2.75) is 19.8 Å². The molecule has 1 saturated carbocycles. The Balaban J connectivity index is 1.45. The fourth-order valence-electron chi connectivity index (χ4n) is 3.39. The first-order valence-corrected chi connectivity index (χ1v) is 8.81. The second kappa shape index (κ2) is 6.64. The summed E-state index contributed by atoms with van der Waals surface area (Å²) in [6.45, 7) is 4.63. The first kappa shape index (κ1) is 15.8. The van der Waals surface area contributed by atoms with Gasteiger partial charge in [0.25, 0.3) is 0 Å². The minimum atomic E-state index is 0.705. The average Bonchev–Trinajstić information content (AvgIpc) is 3.23. The van der Waals surface area contributed by atoms with Crippen molar-refractivity contribution in [1.82, 2.24) is 0 Å². The van der Waals surface area contributed by atoms with Gasteiger partial charge in [-0.1, -0.05) is 50.2 Å². The van der Waals surface area contributed by atoms with E-state index >= 15 is 0 Å². The molecule has 2 atom stereocenters. The molecule has 1 fully saturated rings. The summed E-state index contributed by atoms with van der Waals surface area (Å²) in [5.41, 5.74) is 1.41. The van der Waals surface area contributed by atoms with E-state index in [4.69, 9.17) is 9.47 Å². The van der Waals surface area contributed by atoms with Crippen LogP contribution in [-0.4, -0.2) is 0 Å². The highest BCUT2D eigenvalue weighted by Gasteiger charge is 2.43. The van der Waals surface area contributed by atoms with Gasteiger partial charge in [0, 0.05) is 6.07 Å². The molecule has 0 amide bonds. The zero-order chi connectivity index (χ0) is 17.2. The Kier molecular flexibility index (Phi) is 4.19. The summed E-state index contributed by atoms with van der Waals surface area (Å²) in [6, 6.07) is 26.0. The van der Waals surface area contributed by atoms with Gasteiger partial charge in [0.1, 0.15) is 23.0 Å². The highest BCUT2D eigenvalue weighted by Crippen LogP contribution is 2.53. The molecule has 0 bridgehead atoms. The molecule has 126 valence electrons. The molecule has 0 N–H and O–H groups in total. The molecule has 3 aromatic rings. The van der Waals surface area contributed by atoms with Crippen LogP contribution in [0.1, 0.15) is 25.3 Å². The maximum atomic E-state index is 5.99. The molecule has 0 spiro atoms. The van der Waals surface area contributed by atoms with Crippen molar-refractivity contribution in [3.05, 3.63) is 84.4 Å². The number of hydrogen-bond acceptors (Lipinski definition) is 2. The van der Waals surface area contributed by atoms with Crippen LogP contribution in [0.5, 0.6) is 23.0 Å². The van der Waals surface area contributed by atoms with Crippen LogP contribution in [-0.2, 0) is 0 Å². The van der Waals surface area contributed by atoms with Crippen LogP contribution < -0.4 is 9.47 Å². The van der Waals surface area contributed by atoms with Crippen LogP contribution >= 0.6 is 0 Å². The van der Waals surface area contributed by atoms with E-state index in [0.29, 0.717) is 5.92 Å². The first-order chi connectivity index (χ1) is 12.2. The quantitative estimate of drug-likeness (QED) is 0.522. The molecule has 0 saturated heterocycles. The van der Waals surface area contributed by atoms with Gasteiger partial charge >= 0.3 is 0 Å². The monoisotopic (exact) mass is 330 g/mol. The maximum absolute atomic E-state index is 5.99. The van der Waals surface area contributed by atoms with E-state index in [1.54, 1.807) is 0 Å². The second-order valence-electron chi connectivity index (χ2n) is 6.81. The van der Waals surface area contributed by atoms with Crippen LogP contribution in [0.4, 0.5) is 0 Å². The summed E-state index contributed by atoms with van der Waals surface area (Å²) in [5.74, 6) is 5.49. The van der Waals surface area contributed by atoms with Gasteiger partial charge < -0.3 is 9.47 Å². The lowest BCUT2D eigenvalue weighted by Crippen LogP contribution is -1.88. The van der Waals surface area contributed by atoms with E-state index in [1.807, 2.05) is 54.6 Å². The summed E-state index contributed by atoms with van der Waals surface area (Å²) in [6.07, 6.45) is 0. The van der Waals surface area contributed by atoms with Crippen LogP contribution in [0.3, 0.4) is 0 Å². The molecule has 2 nitrogen and oxygen atoms in total. The van der Waals surface area contributed by atoms with Crippen molar-refractivity contribution in [2.24, 2.45) is 11.8 Å². The predicted octanol–water partition coefficient (Wildman–Crippen LogP) is 6.64. The lowest BCUT2D eigenvalue weighted by atomic mass is 10.1. The first-order valence-electron chi connectivity index (χ1n) is 8.81. The van der Waals surface area contributed by atoms with E-state index in [9.17, 15) is 0 Å². The van der Waals surface area contributed by atoms with E-state index in [1.165, 1.54) is 5.56 Å². The summed E-state index contributed by atoms with van der Waals surface area (Å²) >= 11 is 0. The Bertz CT molecular complexity index is 831. The average molecular weight is 330 g/mol. The van der Waals surface area contributed by atoms with Crippen LogP contribution in [0.2, 0.25) is 0 Å². The van der Waals surface area contributed by atoms with Crippen LogP contribution in [0.25, 0.3) is 0 Å². The zero-order valence-corrected chi connectivity index (χ0v) is 14.6. The minimum Gasteiger partial charge on any atom is -0.457 e. The van der Waals surface area contributed by atoms with E-state index in [0.717, 1.165) is 34.8 Å². The highest BCUT2D eigenvalue weighted by molar-refractivity contribution is 5.40. The number of hydrogen-bond donors (Lipinski definition) is 0. The molecule has 3 aromatic carbocycles. The molecule has 1 aliphatic carbocycles. The standard InChI is InChI=1S/C23H22O2/c1-16-17(2)23(16)18-11-13-20(14-12-18)25-22-10-6-9-21(15-22)24-19-7-4-3-5-8-19/h3-17,23H,1-2H3. The summed E-state index contributed by atoms with van der Waals surface area (Å²) in [4.78, 5) is 0. The Morgan fingerprint density at radius 1 is 0.560 bits per heavy atom. The summed E-state index contributed by atoms with van der Waals surface area (Å²) in [5, 5.41) is 0. The highest BCUT2D eigenvalue weighted by atomic mass is 16.5. The molecule has 25 heavy (non-hydrogen) atoms. The molecular weight excluding hydrogens is 308 g/mol. The number of benzene rings is 3. The smallest absolute Gasteiger partial charge is 0.131 e. The number of ether oxygens (including phenoxy) is 2. The molecule has 2 heteroatoms. The van der Waals surface area contributed by atoms with Gasteiger partial charge in [-0.3, -0.25) is 0 Å². The Morgan fingerprint density at radius 2 is 1.08 bits per heavy atom. The SMILES string of the molecule is CC1C(C)C1c1ccc(Oc2cccc(Oc3ccccc3)c2)cc1. The lowest BCUT2D eigenvalue weighted by molar-refractivity contribution is 0.460. The fraction of sp³-hybridized carbons (Fsp3) is 0.217. The van der Waals surface area contributed by atoms with Gasteiger partial charge in [0.15, 0.2) is 0 Å². The summed E-state index contributed by atoms with van der Waals surface area (Å²) in [7, 11) is 0. The second-order valence-corrected chi connectivity index (χ2v) is 6.81. The number of para-hydroxylation sites is 1. The molecule has 0 heterocycles. The van der Waals surface area contributed by atoms with Gasteiger partial charge in [-0.15, -0.1) is 0 Å². The molecule has 1 aliphatic rings. The van der Waals surface area contributed by atoms with Gasteiger partial charge in [-0.25, -0.2) is 0 Å². The third-order valence-electron chi connectivity index (χ3n) is 5.11. The van der Waals surface area contributed by atoms with Gasteiger partial charge in [-0.2, -0.15) is 0 Å². The molecule has 2 unspecified atom stereocenters. The maximum Gasteiger partial charge on any atom is 0.131 e. The molecule has 4 rings (SSSR count). The fourth-order valence-corrected chi connectivity index (χ4v) is 3.39. The molecule has 0 aromatic heterocycles. The normalized spacial score (nSPS) is 21.6. The van der Waals surface area contributed by atoms with Crippen molar-refractivity contribution in [2.75, 3.05) is 0 Å². The molecule has 0 aliphatic heterocycles. The van der Waals surface area contributed by atoms with E-state index in [2.05, 4.69) is 38.1 Å². The predicted molar refractivity (Wildman–Crippen MR) is 101 cm³/mol. The Morgan fingerprint density at radius 3 is 1.64 bits per heavy atom.